The van der Waals surface area contributed by atoms with Crippen LogP contribution in [-0.4, -0.2) is 10.9 Å². The molecule has 0 heterocycles. The van der Waals surface area contributed by atoms with Gasteiger partial charge in [0.05, 0.1) is 20.1 Å². The van der Waals surface area contributed by atoms with E-state index in [0.717, 1.165) is 0 Å². The van der Waals surface area contributed by atoms with Gasteiger partial charge in [-0.25, -0.2) is 0 Å². The van der Waals surface area contributed by atoms with Crippen molar-refractivity contribution in [3.05, 3.63) is 67.6 Å². The minimum absolute atomic E-state index is 0.00977. The van der Waals surface area contributed by atoms with Gasteiger partial charge in [0, 0.05) is 5.56 Å². The number of benzene rings is 2. The summed E-state index contributed by atoms with van der Waals surface area (Å²) < 4.78 is 0. The molecule has 0 aromatic heterocycles. The Morgan fingerprint density at radius 3 is 2.15 bits per heavy atom. The van der Waals surface area contributed by atoms with Crippen LogP contribution in [0.1, 0.15) is 22.0 Å². The molecule has 0 spiro atoms. The van der Waals surface area contributed by atoms with Crippen LogP contribution in [0.15, 0.2) is 36.4 Å². The van der Waals surface area contributed by atoms with Gasteiger partial charge >= 0.3 is 0 Å². The third-order valence-electron chi connectivity index (χ3n) is 2.73. The van der Waals surface area contributed by atoms with Crippen LogP contribution in [0.2, 0.25) is 20.1 Å². The summed E-state index contributed by atoms with van der Waals surface area (Å²) in [7, 11) is 0. The minimum Gasteiger partial charge on any atom is -0.380 e. The summed E-state index contributed by atoms with van der Waals surface area (Å²) in [5, 5.41) is 10.2. The molecule has 0 saturated carbocycles. The Balaban J connectivity index is 2.45. The van der Waals surface area contributed by atoms with E-state index in [4.69, 9.17) is 46.4 Å². The molecule has 1 N–H and O–H groups in total. The largest absolute Gasteiger partial charge is 0.380 e. The van der Waals surface area contributed by atoms with Gasteiger partial charge in [0.25, 0.3) is 0 Å². The van der Waals surface area contributed by atoms with E-state index in [1.807, 2.05) is 0 Å². The van der Waals surface area contributed by atoms with E-state index in [2.05, 4.69) is 0 Å². The van der Waals surface area contributed by atoms with Crippen molar-refractivity contribution >= 4 is 52.2 Å². The Morgan fingerprint density at radius 2 is 1.55 bits per heavy atom. The van der Waals surface area contributed by atoms with Crippen molar-refractivity contribution in [1.82, 2.24) is 0 Å². The molecule has 1 atom stereocenters. The van der Waals surface area contributed by atoms with Crippen LogP contribution in [-0.2, 0) is 0 Å². The zero-order chi connectivity index (χ0) is 14.9. The molecular weight excluding hydrogens is 342 g/mol. The van der Waals surface area contributed by atoms with Crippen LogP contribution in [0.3, 0.4) is 0 Å². The molecule has 0 amide bonds. The highest BCUT2D eigenvalue weighted by molar-refractivity contribution is 6.52. The van der Waals surface area contributed by atoms with E-state index in [9.17, 15) is 9.90 Å². The molecular formula is C14H8Cl4O2. The van der Waals surface area contributed by atoms with E-state index >= 15 is 0 Å². The molecule has 0 fully saturated rings. The highest BCUT2D eigenvalue weighted by Crippen LogP contribution is 2.39. The van der Waals surface area contributed by atoms with E-state index in [0.29, 0.717) is 5.56 Å². The molecule has 2 rings (SSSR count). The quantitative estimate of drug-likeness (QED) is 0.468. The molecule has 2 aromatic rings. The lowest BCUT2D eigenvalue weighted by Crippen LogP contribution is -2.13. The molecule has 0 aliphatic carbocycles. The minimum atomic E-state index is -1.35. The molecule has 0 radical (unpaired) electrons. The van der Waals surface area contributed by atoms with E-state index < -0.39 is 11.9 Å². The van der Waals surface area contributed by atoms with Gasteiger partial charge in [-0.3, -0.25) is 4.79 Å². The van der Waals surface area contributed by atoms with Crippen LogP contribution in [0.4, 0.5) is 0 Å². The van der Waals surface area contributed by atoms with Crippen molar-refractivity contribution in [2.24, 2.45) is 0 Å². The number of hydrogen-bond donors (Lipinski definition) is 1. The molecule has 20 heavy (non-hydrogen) atoms. The third kappa shape index (κ3) is 2.95. The molecule has 6 heteroatoms. The normalized spacial score (nSPS) is 12.2. The first-order valence-corrected chi connectivity index (χ1v) is 7.05. The van der Waals surface area contributed by atoms with Crippen LogP contribution >= 0.6 is 46.4 Å². The van der Waals surface area contributed by atoms with E-state index in [-0.39, 0.29) is 25.7 Å². The fourth-order valence-corrected chi connectivity index (χ4v) is 2.58. The number of carbonyl (C=O) groups excluding carboxylic acids is 1. The smallest absolute Gasteiger partial charge is 0.197 e. The maximum atomic E-state index is 12.3. The third-order valence-corrected chi connectivity index (χ3v) is 4.48. The summed E-state index contributed by atoms with van der Waals surface area (Å²) in [5.74, 6) is -0.596. The van der Waals surface area contributed by atoms with Crippen molar-refractivity contribution in [3.63, 3.8) is 0 Å². The van der Waals surface area contributed by atoms with Crippen molar-refractivity contribution in [2.75, 3.05) is 0 Å². The topological polar surface area (TPSA) is 37.3 Å². The summed E-state index contributed by atoms with van der Waals surface area (Å²) in [6, 6.07) is 9.78. The Bertz CT molecular complexity index is 656. The van der Waals surface area contributed by atoms with Gasteiger partial charge < -0.3 is 5.11 Å². The van der Waals surface area contributed by atoms with Gasteiger partial charge in [-0.15, -0.1) is 0 Å². The first kappa shape index (κ1) is 15.6. The molecule has 1 unspecified atom stereocenters. The molecule has 0 aliphatic rings. The average molecular weight is 350 g/mol. The standard InChI is InChI=1S/C14H8Cl4O2/c15-9-6-8(10(16)12(18)11(9)17)14(20)13(19)7-4-2-1-3-5-7/h1-6,13,19H. The van der Waals surface area contributed by atoms with Crippen molar-refractivity contribution in [1.29, 1.82) is 0 Å². The van der Waals surface area contributed by atoms with Gasteiger partial charge in [-0.05, 0) is 11.6 Å². The summed E-state index contributed by atoms with van der Waals surface area (Å²) in [4.78, 5) is 12.3. The van der Waals surface area contributed by atoms with Crippen LogP contribution in [0.25, 0.3) is 0 Å². The summed E-state index contributed by atoms with van der Waals surface area (Å²) in [6.07, 6.45) is -1.35. The fraction of sp³-hybridized carbons (Fsp3) is 0.0714. The van der Waals surface area contributed by atoms with Crippen LogP contribution in [0.5, 0.6) is 0 Å². The number of Topliss-reactive ketones (excluding diaryl/α,β-unsaturated/α-hetero) is 1. The zero-order valence-corrected chi connectivity index (χ0v) is 12.9. The highest BCUT2D eigenvalue weighted by Gasteiger charge is 2.24. The summed E-state index contributed by atoms with van der Waals surface area (Å²) in [6.45, 7) is 0. The molecule has 2 aromatic carbocycles. The lowest BCUT2D eigenvalue weighted by Gasteiger charge is -2.13. The fourth-order valence-electron chi connectivity index (χ4n) is 1.69. The van der Waals surface area contributed by atoms with Gasteiger partial charge in [-0.1, -0.05) is 76.7 Å². The Kier molecular flexibility index (Phi) is 4.95. The Morgan fingerprint density at radius 1 is 0.950 bits per heavy atom. The monoisotopic (exact) mass is 348 g/mol. The molecule has 2 nitrogen and oxygen atoms in total. The van der Waals surface area contributed by atoms with Gasteiger partial charge in [0.15, 0.2) is 5.78 Å². The first-order valence-electron chi connectivity index (χ1n) is 5.53. The second-order valence-electron chi connectivity index (χ2n) is 4.03. The second-order valence-corrected chi connectivity index (χ2v) is 5.57. The number of hydrogen-bond acceptors (Lipinski definition) is 2. The lowest BCUT2D eigenvalue weighted by atomic mass is 10.00. The maximum absolute atomic E-state index is 12.3. The number of halogens is 4. The Hall–Kier alpha value is -0.770. The van der Waals surface area contributed by atoms with Gasteiger partial charge in [0.2, 0.25) is 0 Å². The number of carbonyl (C=O) groups is 1. The van der Waals surface area contributed by atoms with Crippen molar-refractivity contribution in [3.8, 4) is 0 Å². The predicted octanol–water partition coefficient (Wildman–Crippen LogP) is 5.22. The van der Waals surface area contributed by atoms with Crippen LogP contribution < -0.4 is 0 Å². The summed E-state index contributed by atoms with van der Waals surface area (Å²) >= 11 is 23.6. The second kappa shape index (κ2) is 6.33. The van der Waals surface area contributed by atoms with E-state index in [1.165, 1.54) is 6.07 Å². The number of aliphatic hydroxyl groups is 1. The first-order chi connectivity index (χ1) is 9.43. The number of ketones is 1. The number of aliphatic hydroxyl groups excluding tert-OH is 1. The van der Waals surface area contributed by atoms with Crippen molar-refractivity contribution < 1.29 is 9.90 Å². The summed E-state index contributed by atoms with van der Waals surface area (Å²) in [5.41, 5.74) is 0.484. The van der Waals surface area contributed by atoms with E-state index in [1.54, 1.807) is 30.3 Å². The van der Waals surface area contributed by atoms with Gasteiger partial charge in [-0.2, -0.15) is 0 Å². The van der Waals surface area contributed by atoms with Crippen molar-refractivity contribution in [2.45, 2.75) is 6.10 Å². The molecule has 0 aliphatic heterocycles. The molecule has 0 saturated heterocycles. The Labute approximate surface area is 135 Å². The SMILES string of the molecule is O=C(c1cc(Cl)c(Cl)c(Cl)c1Cl)C(O)c1ccccc1. The molecule has 104 valence electrons. The van der Waals surface area contributed by atoms with Crippen LogP contribution in [0, 0.1) is 0 Å². The zero-order valence-electron chi connectivity index (χ0n) is 9.91. The maximum Gasteiger partial charge on any atom is 0.197 e. The predicted molar refractivity (Wildman–Crippen MR) is 82.2 cm³/mol. The lowest BCUT2D eigenvalue weighted by molar-refractivity contribution is 0.0747. The average Bonchev–Trinajstić information content (AvgIpc) is 2.48. The molecule has 0 bridgehead atoms. The highest BCUT2D eigenvalue weighted by atomic mass is 35.5. The number of rotatable bonds is 3. The van der Waals surface area contributed by atoms with Gasteiger partial charge in [0.1, 0.15) is 6.10 Å².